The van der Waals surface area contributed by atoms with E-state index in [1.54, 1.807) is 32.3 Å². The molecule has 3 atom stereocenters. The van der Waals surface area contributed by atoms with Crippen molar-refractivity contribution in [2.75, 3.05) is 13.6 Å². The number of carbonyl (C=O) groups is 2. The van der Waals surface area contributed by atoms with Gasteiger partial charge >= 0.3 is 0 Å². The third kappa shape index (κ3) is 4.71. The zero-order chi connectivity index (χ0) is 24.3. The maximum atomic E-state index is 14.1. The minimum atomic E-state index is -1.11. The standard InChI is InChI=1S/C27H35FN4O2/c1-27(30-2,26(29)34)24(19-7-4-3-5-8-19)25(33)32-14-6-9-23(32)21-15-20(16-31-17-21)18-10-12-22(28)13-11-18/h10-13,15-17,19,23-24,30H,3-9,14H2,1-2H3,(H2,29,34)/t23-,24+,27?/m0/s1. The largest absolute Gasteiger partial charge is 0.368 e. The van der Waals surface area contributed by atoms with E-state index < -0.39 is 17.4 Å². The van der Waals surface area contributed by atoms with Crippen molar-refractivity contribution in [2.24, 2.45) is 17.6 Å². The van der Waals surface area contributed by atoms with Crippen molar-refractivity contribution >= 4 is 11.8 Å². The van der Waals surface area contributed by atoms with Crippen molar-refractivity contribution in [1.29, 1.82) is 0 Å². The molecule has 4 rings (SSSR count). The number of nitrogens with two attached hydrogens (primary N) is 1. The van der Waals surface area contributed by atoms with Crippen LogP contribution in [-0.4, -0.2) is 40.8 Å². The molecule has 1 unspecified atom stereocenters. The van der Waals surface area contributed by atoms with Gasteiger partial charge in [0.05, 0.1) is 12.0 Å². The molecule has 34 heavy (non-hydrogen) atoms. The Bertz CT molecular complexity index is 1020. The molecule has 1 aliphatic heterocycles. The molecule has 2 aliphatic rings. The predicted octanol–water partition coefficient (Wildman–Crippen LogP) is 4.21. The average molecular weight is 467 g/mol. The molecule has 1 aromatic heterocycles. The fourth-order valence-electron chi connectivity index (χ4n) is 5.82. The number of aromatic nitrogens is 1. The number of nitrogens with one attached hydrogen (secondary N) is 1. The number of nitrogens with zero attached hydrogens (tertiary/aromatic N) is 2. The third-order valence-corrected chi connectivity index (χ3v) is 7.90. The lowest BCUT2D eigenvalue weighted by Gasteiger charge is -2.43. The number of likely N-dealkylation sites (N-methyl/N-ethyl adjacent to an activating group) is 1. The number of halogens is 1. The summed E-state index contributed by atoms with van der Waals surface area (Å²) in [6.07, 6.45) is 10.5. The fraction of sp³-hybridized carbons (Fsp3) is 0.519. The van der Waals surface area contributed by atoms with Crippen molar-refractivity contribution in [3.05, 3.63) is 54.1 Å². The molecule has 2 aromatic rings. The van der Waals surface area contributed by atoms with Crippen molar-refractivity contribution in [2.45, 2.75) is 63.5 Å². The van der Waals surface area contributed by atoms with E-state index >= 15 is 0 Å². The first-order chi connectivity index (χ1) is 16.3. The lowest BCUT2D eigenvalue weighted by atomic mass is 9.69. The van der Waals surface area contributed by atoms with Crippen LogP contribution in [0, 0.1) is 17.7 Å². The van der Waals surface area contributed by atoms with Crippen molar-refractivity contribution < 1.29 is 14.0 Å². The average Bonchev–Trinajstić information content (AvgIpc) is 3.35. The minimum absolute atomic E-state index is 0.00256. The number of carbonyl (C=O) groups excluding carboxylic acids is 2. The van der Waals surface area contributed by atoms with Gasteiger partial charge in [-0.3, -0.25) is 14.6 Å². The van der Waals surface area contributed by atoms with Gasteiger partial charge in [0.1, 0.15) is 11.4 Å². The Kier molecular flexibility index (Phi) is 7.31. The summed E-state index contributed by atoms with van der Waals surface area (Å²) in [7, 11) is 1.71. The first kappa shape index (κ1) is 24.3. The highest BCUT2D eigenvalue weighted by molar-refractivity contribution is 5.93. The van der Waals surface area contributed by atoms with Gasteiger partial charge in [0.15, 0.2) is 0 Å². The molecule has 1 saturated carbocycles. The van der Waals surface area contributed by atoms with E-state index in [2.05, 4.69) is 10.3 Å². The van der Waals surface area contributed by atoms with E-state index in [0.717, 1.165) is 55.2 Å². The Balaban J connectivity index is 1.65. The van der Waals surface area contributed by atoms with Crippen molar-refractivity contribution in [3.63, 3.8) is 0 Å². The zero-order valence-electron chi connectivity index (χ0n) is 20.1. The Morgan fingerprint density at radius 1 is 1.09 bits per heavy atom. The zero-order valence-corrected chi connectivity index (χ0v) is 20.1. The van der Waals surface area contributed by atoms with E-state index in [1.807, 2.05) is 17.2 Å². The van der Waals surface area contributed by atoms with Gasteiger partial charge in [-0.05, 0) is 74.9 Å². The van der Waals surface area contributed by atoms with Crippen LogP contribution in [-0.2, 0) is 9.59 Å². The third-order valence-electron chi connectivity index (χ3n) is 7.90. The van der Waals surface area contributed by atoms with Gasteiger partial charge in [-0.1, -0.05) is 31.4 Å². The minimum Gasteiger partial charge on any atom is -0.368 e. The van der Waals surface area contributed by atoms with Crippen LogP contribution in [0.3, 0.4) is 0 Å². The molecular formula is C27H35FN4O2. The first-order valence-corrected chi connectivity index (χ1v) is 12.4. The van der Waals surface area contributed by atoms with Gasteiger partial charge in [-0.25, -0.2) is 4.39 Å². The van der Waals surface area contributed by atoms with Crippen LogP contribution in [0.4, 0.5) is 4.39 Å². The van der Waals surface area contributed by atoms with Gasteiger partial charge in [-0.2, -0.15) is 0 Å². The summed E-state index contributed by atoms with van der Waals surface area (Å²) in [6.45, 7) is 2.42. The number of hydrogen-bond donors (Lipinski definition) is 2. The summed E-state index contributed by atoms with van der Waals surface area (Å²) >= 11 is 0. The molecule has 0 bridgehead atoms. The van der Waals surface area contributed by atoms with Crippen molar-refractivity contribution in [3.8, 4) is 11.1 Å². The van der Waals surface area contributed by atoms with Crippen LogP contribution in [0.5, 0.6) is 0 Å². The molecule has 2 heterocycles. The molecule has 7 heteroatoms. The van der Waals surface area contributed by atoms with Crippen LogP contribution in [0.25, 0.3) is 11.1 Å². The molecule has 1 saturated heterocycles. The van der Waals surface area contributed by atoms with Gasteiger partial charge in [-0.15, -0.1) is 0 Å². The lowest BCUT2D eigenvalue weighted by molar-refractivity contribution is -0.147. The Morgan fingerprint density at radius 2 is 1.79 bits per heavy atom. The smallest absolute Gasteiger partial charge is 0.238 e. The molecule has 0 spiro atoms. The number of pyridine rings is 1. The molecule has 3 N–H and O–H groups in total. The second kappa shape index (κ2) is 10.2. The van der Waals surface area contributed by atoms with Crippen LogP contribution in [0.15, 0.2) is 42.7 Å². The number of benzene rings is 1. The monoisotopic (exact) mass is 466 g/mol. The van der Waals surface area contributed by atoms with E-state index in [9.17, 15) is 14.0 Å². The van der Waals surface area contributed by atoms with Gasteiger partial charge in [0.2, 0.25) is 11.8 Å². The molecule has 6 nitrogen and oxygen atoms in total. The van der Waals surface area contributed by atoms with E-state index in [-0.39, 0.29) is 23.7 Å². The van der Waals surface area contributed by atoms with Gasteiger partial charge in [0, 0.05) is 24.5 Å². The molecule has 0 radical (unpaired) electrons. The number of amides is 2. The van der Waals surface area contributed by atoms with Crippen LogP contribution >= 0.6 is 0 Å². The van der Waals surface area contributed by atoms with Crippen molar-refractivity contribution in [1.82, 2.24) is 15.2 Å². The van der Waals surface area contributed by atoms with E-state index in [1.165, 1.54) is 18.6 Å². The second-order valence-electron chi connectivity index (χ2n) is 9.90. The topological polar surface area (TPSA) is 88.3 Å². The summed E-state index contributed by atoms with van der Waals surface area (Å²) in [4.78, 5) is 33.1. The Morgan fingerprint density at radius 3 is 2.44 bits per heavy atom. The normalized spacial score (nSPS) is 21.7. The van der Waals surface area contributed by atoms with E-state index in [4.69, 9.17) is 5.73 Å². The number of hydrogen-bond acceptors (Lipinski definition) is 4. The summed E-state index contributed by atoms with van der Waals surface area (Å²) < 4.78 is 13.4. The number of rotatable bonds is 7. The fourth-order valence-corrected chi connectivity index (χ4v) is 5.82. The maximum Gasteiger partial charge on any atom is 0.238 e. The highest BCUT2D eigenvalue weighted by Crippen LogP contribution is 2.41. The molecule has 1 aliphatic carbocycles. The number of primary amides is 1. The highest BCUT2D eigenvalue weighted by atomic mass is 19.1. The molecule has 1 aromatic carbocycles. The molecule has 2 fully saturated rings. The Labute approximate surface area is 201 Å². The maximum absolute atomic E-state index is 14.1. The van der Waals surface area contributed by atoms with E-state index in [0.29, 0.717) is 6.54 Å². The lowest BCUT2D eigenvalue weighted by Crippen LogP contribution is -2.63. The Hall–Kier alpha value is -2.80. The first-order valence-electron chi connectivity index (χ1n) is 12.4. The summed E-state index contributed by atoms with van der Waals surface area (Å²) in [6, 6.07) is 8.27. The van der Waals surface area contributed by atoms with Crippen LogP contribution < -0.4 is 11.1 Å². The van der Waals surface area contributed by atoms with Gasteiger partial charge in [0.25, 0.3) is 0 Å². The predicted molar refractivity (Wildman–Crippen MR) is 130 cm³/mol. The van der Waals surface area contributed by atoms with Crippen LogP contribution in [0.2, 0.25) is 0 Å². The number of likely N-dealkylation sites (tertiary alicyclic amines) is 1. The van der Waals surface area contributed by atoms with Crippen LogP contribution in [0.1, 0.15) is 63.5 Å². The summed E-state index contributed by atoms with van der Waals surface area (Å²) in [5.74, 6) is -1.16. The SMILES string of the molecule is CNC(C)(C(N)=O)[C@@H](C(=O)N1CCC[C@H]1c1cncc(-c2ccc(F)cc2)c1)C1CCCCC1. The quantitative estimate of drug-likeness (QED) is 0.640. The highest BCUT2D eigenvalue weighted by Gasteiger charge is 2.50. The summed E-state index contributed by atoms with van der Waals surface area (Å²) in [5, 5.41) is 3.10. The summed E-state index contributed by atoms with van der Waals surface area (Å²) in [5.41, 5.74) is 7.47. The van der Waals surface area contributed by atoms with Gasteiger partial charge < -0.3 is 16.0 Å². The molecular weight excluding hydrogens is 431 g/mol. The molecule has 182 valence electrons. The molecule has 2 amide bonds. The second-order valence-corrected chi connectivity index (χ2v) is 9.90.